The molecular formula is C47H59N5O6. The van der Waals surface area contributed by atoms with Gasteiger partial charge in [-0.3, -0.25) is 20.4 Å². The Morgan fingerprint density at radius 1 is 0.793 bits per heavy atom. The lowest BCUT2D eigenvalue weighted by Gasteiger charge is -2.33. The minimum atomic E-state index is -0.901. The fourth-order valence-electron chi connectivity index (χ4n) is 7.86. The van der Waals surface area contributed by atoms with Crippen LogP contribution in [0.15, 0.2) is 97.1 Å². The molecule has 1 saturated heterocycles. The molecule has 308 valence electrons. The maximum absolute atomic E-state index is 14.0. The van der Waals surface area contributed by atoms with Crippen molar-refractivity contribution >= 4 is 23.6 Å². The number of rotatable bonds is 20. The van der Waals surface area contributed by atoms with Gasteiger partial charge in [-0.2, -0.15) is 0 Å². The Bertz CT molecular complexity index is 1900. The van der Waals surface area contributed by atoms with Gasteiger partial charge in [0.2, 0.25) is 0 Å². The van der Waals surface area contributed by atoms with E-state index in [1.54, 1.807) is 0 Å². The largest absolute Gasteiger partial charge is 0.493 e. The molecule has 3 N–H and O–H groups in total. The van der Waals surface area contributed by atoms with Gasteiger partial charge in [0.1, 0.15) is 24.1 Å². The van der Waals surface area contributed by atoms with Crippen LogP contribution < -0.4 is 25.6 Å². The van der Waals surface area contributed by atoms with Crippen LogP contribution in [0.4, 0.5) is 10.5 Å². The lowest BCUT2D eigenvalue weighted by Crippen LogP contribution is -2.50. The number of carbonyl (C=O) groups excluding carboxylic acids is 3. The van der Waals surface area contributed by atoms with Crippen molar-refractivity contribution in [1.82, 2.24) is 20.5 Å². The van der Waals surface area contributed by atoms with Crippen molar-refractivity contribution in [2.24, 2.45) is 5.92 Å². The first-order valence-electron chi connectivity index (χ1n) is 21.0. The summed E-state index contributed by atoms with van der Waals surface area (Å²) in [6.45, 7) is 11.8. The van der Waals surface area contributed by atoms with Gasteiger partial charge in [0.05, 0.1) is 18.9 Å². The van der Waals surface area contributed by atoms with Gasteiger partial charge in [0.15, 0.2) is 0 Å². The number of amides is 3. The van der Waals surface area contributed by atoms with Gasteiger partial charge in [-0.25, -0.2) is 4.79 Å². The zero-order valence-electron chi connectivity index (χ0n) is 34.2. The van der Waals surface area contributed by atoms with Crippen LogP contribution in [0.2, 0.25) is 0 Å². The summed E-state index contributed by atoms with van der Waals surface area (Å²) in [6, 6.07) is 30.3. The third kappa shape index (κ3) is 11.1. The Labute approximate surface area is 343 Å². The van der Waals surface area contributed by atoms with Crippen molar-refractivity contribution < 1.29 is 28.6 Å². The van der Waals surface area contributed by atoms with Crippen LogP contribution >= 0.6 is 0 Å². The summed E-state index contributed by atoms with van der Waals surface area (Å²) in [5, 5.41) is 2.89. The molecule has 6 rings (SSSR count). The quantitative estimate of drug-likeness (QED) is 0.0605. The van der Waals surface area contributed by atoms with E-state index in [0.29, 0.717) is 68.3 Å². The number of unbranched alkanes of at least 4 members (excludes halogenated alkanes) is 1. The molecular weight excluding hydrogens is 731 g/mol. The summed E-state index contributed by atoms with van der Waals surface area (Å²) in [5.41, 5.74) is 11.6. The molecule has 4 aromatic carbocycles. The Hall–Kier alpha value is -5.55. The van der Waals surface area contributed by atoms with Crippen LogP contribution in [0.1, 0.15) is 86.7 Å². The first-order chi connectivity index (χ1) is 28.4. The molecule has 0 bridgehead atoms. The number of benzene rings is 4. The van der Waals surface area contributed by atoms with Crippen molar-refractivity contribution in [3.05, 3.63) is 114 Å². The van der Waals surface area contributed by atoms with E-state index in [4.69, 9.17) is 14.2 Å². The molecule has 0 saturated carbocycles. The number of hydrogen-bond donors (Lipinski definition) is 3. The lowest BCUT2D eigenvalue weighted by molar-refractivity contribution is -0.123. The van der Waals surface area contributed by atoms with Gasteiger partial charge in [0, 0.05) is 37.2 Å². The molecule has 58 heavy (non-hydrogen) atoms. The summed E-state index contributed by atoms with van der Waals surface area (Å²) in [4.78, 5) is 44.9. The molecule has 11 nitrogen and oxygen atoms in total. The van der Waals surface area contributed by atoms with Gasteiger partial charge in [-0.05, 0) is 97.6 Å². The van der Waals surface area contributed by atoms with Gasteiger partial charge < -0.3 is 29.3 Å². The van der Waals surface area contributed by atoms with Crippen LogP contribution in [0.5, 0.6) is 11.5 Å². The summed E-state index contributed by atoms with van der Waals surface area (Å²) in [5.74, 6) is 0.825. The first kappa shape index (κ1) is 42.1. The summed E-state index contributed by atoms with van der Waals surface area (Å²) >= 11 is 0. The number of hydrazine groups is 1. The normalized spacial score (nSPS) is 14.3. The minimum Gasteiger partial charge on any atom is -0.493 e. The van der Waals surface area contributed by atoms with E-state index in [1.807, 2.05) is 77.7 Å². The highest BCUT2D eigenvalue weighted by atomic mass is 16.5. The summed E-state index contributed by atoms with van der Waals surface area (Å²) < 4.78 is 18.1. The van der Waals surface area contributed by atoms with E-state index >= 15 is 0 Å². The fraction of sp³-hybridized carbons (Fsp3) is 0.426. The minimum absolute atomic E-state index is 0.00214. The number of carbonyl (C=O) groups is 3. The standard InChI is InChI=1S/C47H59N5O6/c1-4-7-29-57-44-32-36(56-30-15-26-51(5-2)6-3)22-23-42(44)49-50-45(53)43(31-34-24-27-52(28-25-34)46(54)35-16-9-8-10-17-35)48-47(55)58-33-41-39-20-13-11-18-37(39)38-19-12-14-21-40(38)41/h8-14,16-23,32,34,41,43,49H,4-7,15,24-31,33H2,1-3H3,(H,48,55)(H,50,53). The number of hydrogen-bond acceptors (Lipinski definition) is 8. The second kappa shape index (κ2) is 21.3. The van der Waals surface area contributed by atoms with Crippen LogP contribution in [0.25, 0.3) is 11.1 Å². The Kier molecular flexibility index (Phi) is 15.4. The second-order valence-electron chi connectivity index (χ2n) is 15.1. The van der Waals surface area contributed by atoms with Crippen LogP contribution in [-0.4, -0.2) is 86.3 Å². The van der Waals surface area contributed by atoms with Crippen LogP contribution in [-0.2, 0) is 9.53 Å². The number of piperidine rings is 1. The van der Waals surface area contributed by atoms with Gasteiger partial charge in [-0.15, -0.1) is 0 Å². The maximum Gasteiger partial charge on any atom is 0.407 e. The van der Waals surface area contributed by atoms with Crippen molar-refractivity contribution in [3.8, 4) is 22.6 Å². The Balaban J connectivity index is 1.11. The molecule has 4 aromatic rings. The van der Waals surface area contributed by atoms with E-state index < -0.39 is 18.0 Å². The molecule has 2 aliphatic rings. The Morgan fingerprint density at radius 2 is 1.45 bits per heavy atom. The number of alkyl carbamates (subject to hydrolysis) is 1. The van der Waals surface area contributed by atoms with Crippen LogP contribution in [0.3, 0.4) is 0 Å². The Morgan fingerprint density at radius 3 is 2.12 bits per heavy atom. The maximum atomic E-state index is 14.0. The summed E-state index contributed by atoms with van der Waals surface area (Å²) in [6.07, 6.45) is 3.88. The average molecular weight is 790 g/mol. The SMILES string of the molecule is CCCCOc1cc(OCCCN(CC)CC)ccc1NNC(=O)C(CC1CCN(C(=O)c2ccccc2)CC1)NC(=O)OCC1c2ccccc2-c2ccccc21. The van der Waals surface area contributed by atoms with Crippen molar-refractivity contribution in [1.29, 1.82) is 0 Å². The van der Waals surface area contributed by atoms with Crippen molar-refractivity contribution in [2.75, 3.05) is 58.0 Å². The molecule has 11 heteroatoms. The molecule has 1 unspecified atom stereocenters. The predicted octanol–water partition coefficient (Wildman–Crippen LogP) is 8.27. The van der Waals surface area contributed by atoms with Crippen molar-refractivity contribution in [3.63, 3.8) is 0 Å². The number of nitrogens with zero attached hydrogens (tertiary/aromatic N) is 2. The number of ether oxygens (including phenoxy) is 3. The fourth-order valence-corrected chi connectivity index (χ4v) is 7.86. The highest BCUT2D eigenvalue weighted by molar-refractivity contribution is 5.94. The predicted molar refractivity (Wildman–Crippen MR) is 228 cm³/mol. The molecule has 1 heterocycles. The van der Waals surface area contributed by atoms with E-state index in [0.717, 1.165) is 61.2 Å². The highest BCUT2D eigenvalue weighted by Gasteiger charge is 2.32. The molecule has 3 amide bonds. The first-order valence-corrected chi connectivity index (χ1v) is 21.0. The number of likely N-dealkylation sites (tertiary alicyclic amines) is 1. The molecule has 1 fully saturated rings. The van der Waals surface area contributed by atoms with E-state index in [2.05, 4.69) is 66.1 Å². The average Bonchev–Trinajstić information content (AvgIpc) is 3.58. The van der Waals surface area contributed by atoms with Crippen molar-refractivity contribution in [2.45, 2.75) is 71.3 Å². The molecule has 1 aliphatic heterocycles. The van der Waals surface area contributed by atoms with E-state index in [1.165, 1.54) is 0 Å². The zero-order valence-corrected chi connectivity index (χ0v) is 34.2. The number of anilines is 1. The smallest absolute Gasteiger partial charge is 0.407 e. The van der Waals surface area contributed by atoms with Crippen LogP contribution in [0, 0.1) is 5.92 Å². The zero-order chi connectivity index (χ0) is 40.7. The third-order valence-corrected chi connectivity index (χ3v) is 11.3. The third-order valence-electron chi connectivity index (χ3n) is 11.3. The van der Waals surface area contributed by atoms with Gasteiger partial charge >= 0.3 is 6.09 Å². The number of nitrogens with one attached hydrogen (secondary N) is 3. The topological polar surface area (TPSA) is 121 Å². The van der Waals surface area contributed by atoms with E-state index in [9.17, 15) is 14.4 Å². The lowest BCUT2D eigenvalue weighted by atomic mass is 9.89. The molecule has 0 spiro atoms. The second-order valence-corrected chi connectivity index (χ2v) is 15.1. The van der Waals surface area contributed by atoms with Gasteiger partial charge in [0.25, 0.3) is 11.8 Å². The number of fused-ring (bicyclic) bond motifs is 3. The molecule has 1 aliphatic carbocycles. The van der Waals surface area contributed by atoms with Gasteiger partial charge in [-0.1, -0.05) is 93.9 Å². The highest BCUT2D eigenvalue weighted by Crippen LogP contribution is 2.44. The van der Waals surface area contributed by atoms with E-state index in [-0.39, 0.29) is 24.3 Å². The molecule has 1 atom stereocenters. The summed E-state index contributed by atoms with van der Waals surface area (Å²) in [7, 11) is 0. The molecule has 0 aromatic heterocycles. The molecule has 0 radical (unpaired) electrons. The monoisotopic (exact) mass is 789 g/mol.